The lowest BCUT2D eigenvalue weighted by Crippen LogP contribution is -2.31. The molecule has 1 fully saturated rings. The van der Waals surface area contributed by atoms with E-state index >= 15 is 0 Å². The van der Waals surface area contributed by atoms with Crippen molar-refractivity contribution >= 4 is 23.7 Å². The van der Waals surface area contributed by atoms with Gasteiger partial charge in [0.15, 0.2) is 11.5 Å². The van der Waals surface area contributed by atoms with Gasteiger partial charge in [0, 0.05) is 24.2 Å². The molecule has 9 heteroatoms. The number of hydrogen-bond donors (Lipinski definition) is 1. The quantitative estimate of drug-likeness (QED) is 0.171. The number of nitrogens with one attached hydrogen (secondary N) is 1. The third-order valence-corrected chi connectivity index (χ3v) is 5.04. The number of amides is 3. The predicted molar refractivity (Wildman–Crippen MR) is 127 cm³/mol. The van der Waals surface area contributed by atoms with E-state index in [2.05, 4.69) is 11.9 Å². The molecule has 1 saturated heterocycles. The van der Waals surface area contributed by atoms with Crippen LogP contribution < -0.4 is 14.8 Å². The largest absolute Gasteiger partial charge is 0.490 e. The molecule has 1 N–H and O–H groups in total. The number of non-ortho nitro benzene ring substituents is 1. The van der Waals surface area contributed by atoms with Gasteiger partial charge >= 0.3 is 6.03 Å². The van der Waals surface area contributed by atoms with Gasteiger partial charge in [0.2, 0.25) is 0 Å². The smallest absolute Gasteiger partial charge is 0.329 e. The second-order valence-electron chi connectivity index (χ2n) is 7.59. The molecule has 3 rings (SSSR count). The number of hydrogen-bond acceptors (Lipinski definition) is 6. The lowest BCUT2D eigenvalue weighted by Gasteiger charge is -2.17. The van der Waals surface area contributed by atoms with Crippen molar-refractivity contribution in [2.45, 2.75) is 33.3 Å². The third kappa shape index (κ3) is 5.61. The monoisotopic (exact) mass is 465 g/mol. The van der Waals surface area contributed by atoms with Gasteiger partial charge in [-0.25, -0.2) is 4.79 Å². The second-order valence-corrected chi connectivity index (χ2v) is 7.59. The van der Waals surface area contributed by atoms with Crippen molar-refractivity contribution in [1.82, 2.24) is 10.2 Å². The van der Waals surface area contributed by atoms with Gasteiger partial charge in [0.05, 0.1) is 11.5 Å². The van der Waals surface area contributed by atoms with E-state index < -0.39 is 11.0 Å². The summed E-state index contributed by atoms with van der Waals surface area (Å²) in [5.74, 6) is 0.576. The highest BCUT2D eigenvalue weighted by Crippen LogP contribution is 2.35. The van der Waals surface area contributed by atoms with Crippen molar-refractivity contribution in [3.63, 3.8) is 0 Å². The van der Waals surface area contributed by atoms with E-state index in [-0.39, 0.29) is 23.9 Å². The number of nitro groups is 1. The normalized spacial score (nSPS) is 14.3. The Morgan fingerprint density at radius 3 is 2.65 bits per heavy atom. The molecular weight excluding hydrogens is 438 g/mol. The minimum Gasteiger partial charge on any atom is -0.490 e. The summed E-state index contributed by atoms with van der Waals surface area (Å²) in [5, 5.41) is 13.7. The zero-order valence-corrected chi connectivity index (χ0v) is 19.2. The van der Waals surface area contributed by atoms with Crippen LogP contribution >= 0.6 is 0 Å². The fourth-order valence-corrected chi connectivity index (χ4v) is 3.58. The van der Waals surface area contributed by atoms with Crippen molar-refractivity contribution in [1.29, 1.82) is 0 Å². The molecule has 0 bridgehead atoms. The Morgan fingerprint density at radius 1 is 1.18 bits per heavy atom. The number of rotatable bonds is 11. The summed E-state index contributed by atoms with van der Waals surface area (Å²) in [6, 6.07) is 9.36. The standard InChI is InChI=1S/C25H27N3O6/c1-4-8-19-12-18(14-21-24(29)27(11-5-2)25(30)26-21)15-22(33-6-3)23(19)34-16-17-9-7-10-20(13-17)28(31)32/h4,7,9-10,12-15H,1,5-6,8,11,16H2,2-3H3,(H,26,30)/b21-14+. The molecule has 0 aromatic heterocycles. The van der Waals surface area contributed by atoms with Crippen molar-refractivity contribution < 1.29 is 24.0 Å². The number of ether oxygens (including phenoxy) is 2. The molecule has 3 amide bonds. The maximum Gasteiger partial charge on any atom is 0.329 e. The van der Waals surface area contributed by atoms with Crippen LogP contribution in [0.2, 0.25) is 0 Å². The van der Waals surface area contributed by atoms with Crippen LogP contribution in [0.5, 0.6) is 11.5 Å². The lowest BCUT2D eigenvalue weighted by molar-refractivity contribution is -0.384. The first-order valence-corrected chi connectivity index (χ1v) is 11.0. The van der Waals surface area contributed by atoms with Crippen LogP contribution in [0.25, 0.3) is 6.08 Å². The molecule has 34 heavy (non-hydrogen) atoms. The fraction of sp³-hybridized carbons (Fsp3) is 0.280. The number of nitro benzene ring substituents is 1. The molecule has 0 aliphatic carbocycles. The Bertz CT molecular complexity index is 1140. The Labute approximate surface area is 197 Å². The Morgan fingerprint density at radius 2 is 1.97 bits per heavy atom. The van der Waals surface area contributed by atoms with Gasteiger partial charge in [-0.1, -0.05) is 25.1 Å². The maximum atomic E-state index is 12.6. The van der Waals surface area contributed by atoms with Crippen LogP contribution in [-0.4, -0.2) is 34.9 Å². The molecular formula is C25H27N3O6. The minimum atomic E-state index is -0.453. The van der Waals surface area contributed by atoms with Crippen LogP contribution in [0.15, 0.2) is 54.8 Å². The van der Waals surface area contributed by atoms with Crippen LogP contribution in [0.3, 0.4) is 0 Å². The van der Waals surface area contributed by atoms with E-state index in [0.717, 1.165) is 5.56 Å². The first-order valence-electron chi connectivity index (χ1n) is 11.0. The predicted octanol–water partition coefficient (Wildman–Crippen LogP) is 4.60. The van der Waals surface area contributed by atoms with E-state index in [0.29, 0.717) is 48.6 Å². The molecule has 0 unspecified atom stereocenters. The SMILES string of the molecule is C=CCc1cc(/C=C2/NC(=O)N(CCC)C2=O)cc(OCC)c1OCc1cccc([N+](=O)[O-])c1. The molecule has 1 aliphatic heterocycles. The van der Waals surface area contributed by atoms with Gasteiger partial charge in [-0.2, -0.15) is 0 Å². The molecule has 0 saturated carbocycles. The summed E-state index contributed by atoms with van der Waals surface area (Å²) in [4.78, 5) is 36.5. The van der Waals surface area contributed by atoms with Crippen LogP contribution in [0.4, 0.5) is 10.5 Å². The molecule has 0 spiro atoms. The molecule has 9 nitrogen and oxygen atoms in total. The van der Waals surface area contributed by atoms with Crippen molar-refractivity contribution in [3.8, 4) is 11.5 Å². The average molecular weight is 466 g/mol. The highest BCUT2D eigenvalue weighted by atomic mass is 16.6. The topological polar surface area (TPSA) is 111 Å². The number of carbonyl (C=O) groups excluding carboxylic acids is 2. The average Bonchev–Trinajstić information content (AvgIpc) is 3.07. The number of allylic oxidation sites excluding steroid dienone is 1. The summed E-state index contributed by atoms with van der Waals surface area (Å²) < 4.78 is 11.9. The first-order chi connectivity index (χ1) is 16.4. The van der Waals surface area contributed by atoms with Gasteiger partial charge in [-0.15, -0.1) is 6.58 Å². The molecule has 0 atom stereocenters. The van der Waals surface area contributed by atoms with E-state index in [1.165, 1.54) is 17.0 Å². The van der Waals surface area contributed by atoms with E-state index in [4.69, 9.17) is 9.47 Å². The molecule has 2 aromatic carbocycles. The summed E-state index contributed by atoms with van der Waals surface area (Å²) >= 11 is 0. The Kier molecular flexibility index (Phi) is 8.02. The van der Waals surface area contributed by atoms with Gasteiger partial charge in [-0.3, -0.25) is 19.8 Å². The van der Waals surface area contributed by atoms with Crippen LogP contribution in [0, 0.1) is 10.1 Å². The fourth-order valence-electron chi connectivity index (χ4n) is 3.58. The van der Waals surface area contributed by atoms with E-state index in [1.54, 1.807) is 30.4 Å². The van der Waals surface area contributed by atoms with Gasteiger partial charge in [-0.05, 0) is 49.1 Å². The molecule has 1 aliphatic rings. The number of urea groups is 1. The summed E-state index contributed by atoms with van der Waals surface area (Å²) in [6.07, 6.45) is 4.45. The Balaban J connectivity index is 1.94. The maximum absolute atomic E-state index is 12.6. The molecule has 2 aromatic rings. The molecule has 0 radical (unpaired) electrons. The third-order valence-electron chi connectivity index (χ3n) is 5.04. The van der Waals surface area contributed by atoms with E-state index in [9.17, 15) is 19.7 Å². The van der Waals surface area contributed by atoms with Gasteiger partial charge < -0.3 is 14.8 Å². The zero-order valence-electron chi connectivity index (χ0n) is 19.2. The summed E-state index contributed by atoms with van der Waals surface area (Å²) in [5.41, 5.74) is 2.24. The minimum absolute atomic E-state index is 0.0141. The Hall–Kier alpha value is -4.14. The van der Waals surface area contributed by atoms with Crippen molar-refractivity contribution in [2.75, 3.05) is 13.2 Å². The lowest BCUT2D eigenvalue weighted by atomic mass is 10.0. The second kappa shape index (κ2) is 11.1. The highest BCUT2D eigenvalue weighted by Gasteiger charge is 2.32. The van der Waals surface area contributed by atoms with Crippen LogP contribution in [0.1, 0.15) is 37.0 Å². The van der Waals surface area contributed by atoms with E-state index in [1.807, 2.05) is 19.9 Å². The zero-order chi connectivity index (χ0) is 24.7. The molecule has 1 heterocycles. The number of imide groups is 1. The highest BCUT2D eigenvalue weighted by molar-refractivity contribution is 6.14. The number of nitrogens with zero attached hydrogens (tertiary/aromatic N) is 2. The number of benzene rings is 2. The van der Waals surface area contributed by atoms with Crippen molar-refractivity contribution in [3.05, 3.63) is 81.6 Å². The molecule has 178 valence electrons. The first kappa shape index (κ1) is 24.5. The summed E-state index contributed by atoms with van der Waals surface area (Å²) in [6.45, 7) is 8.36. The number of carbonyl (C=O) groups is 2. The van der Waals surface area contributed by atoms with Gasteiger partial charge in [0.1, 0.15) is 12.3 Å². The van der Waals surface area contributed by atoms with Crippen molar-refractivity contribution in [2.24, 2.45) is 0 Å². The van der Waals surface area contributed by atoms with Gasteiger partial charge in [0.25, 0.3) is 11.6 Å². The summed E-state index contributed by atoms with van der Waals surface area (Å²) in [7, 11) is 0. The van der Waals surface area contributed by atoms with Crippen LogP contribution in [-0.2, 0) is 17.8 Å².